The highest BCUT2D eigenvalue weighted by Gasteiger charge is 2.37. The van der Waals surface area contributed by atoms with E-state index in [1.165, 1.54) is 27.2 Å². The van der Waals surface area contributed by atoms with Crippen LogP contribution in [0.5, 0.6) is 0 Å². The Morgan fingerprint density at radius 2 is 1.58 bits per heavy atom. The van der Waals surface area contributed by atoms with Gasteiger partial charge in [0, 0.05) is 28.3 Å². The molecule has 0 unspecified atom stereocenters. The smallest absolute Gasteiger partial charge is 0.216 e. The Hall–Kier alpha value is -3.42. The molecule has 0 radical (unpaired) electrons. The third-order valence-corrected chi connectivity index (χ3v) is 14.3. The molecule has 4 heteroatoms. The van der Waals surface area contributed by atoms with Gasteiger partial charge < -0.3 is 4.42 Å². The van der Waals surface area contributed by atoms with E-state index in [0.29, 0.717) is 10.7 Å². The van der Waals surface area contributed by atoms with E-state index >= 15 is 0 Å². The number of benzene rings is 3. The van der Waals surface area contributed by atoms with Crippen LogP contribution in [0.4, 0.5) is 5.69 Å². The second-order valence-electron chi connectivity index (χ2n) is 11.8. The van der Waals surface area contributed by atoms with Crippen LogP contribution >= 0.6 is 0 Å². The average Bonchev–Trinajstić information content (AvgIpc) is 3.19. The molecular weight excluding hydrogens is 456 g/mol. The Labute approximate surface area is 215 Å². The van der Waals surface area contributed by atoms with E-state index in [-0.39, 0.29) is 0 Å². The molecule has 0 fully saturated rings. The van der Waals surface area contributed by atoms with E-state index in [1.54, 1.807) is 0 Å². The van der Waals surface area contributed by atoms with Crippen molar-refractivity contribution in [3.63, 3.8) is 0 Å². The molecule has 0 aliphatic carbocycles. The van der Waals surface area contributed by atoms with Crippen LogP contribution in [0.25, 0.3) is 48.9 Å². The summed E-state index contributed by atoms with van der Waals surface area (Å²) in [4.78, 5) is 3.68. The molecule has 0 aliphatic heterocycles. The molecule has 3 aromatic carbocycles. The predicted octanol–water partition coefficient (Wildman–Crippen LogP) is 8.42. The van der Waals surface area contributed by atoms with E-state index in [0.717, 1.165) is 38.8 Å². The molecule has 0 N–H and O–H groups in total. The number of aryl methyl sites for hydroxylation is 3. The maximum Gasteiger partial charge on any atom is 0.216 e. The number of furan rings is 1. The molecule has 0 spiro atoms. The molecule has 3 nitrogen and oxygen atoms in total. The van der Waals surface area contributed by atoms with E-state index in [9.17, 15) is 0 Å². The fourth-order valence-corrected chi connectivity index (χ4v) is 7.11. The molecule has 2 heterocycles. The van der Waals surface area contributed by atoms with Gasteiger partial charge in [-0.05, 0) is 60.7 Å². The quantitative estimate of drug-likeness (QED) is 0.138. The molecule has 36 heavy (non-hydrogen) atoms. The Balaban J connectivity index is 1.79. The number of hydrogen-bond acceptors (Lipinski definition) is 1. The zero-order chi connectivity index (χ0) is 26.2. The molecule has 182 valence electrons. The van der Waals surface area contributed by atoms with Crippen LogP contribution in [0.3, 0.4) is 0 Å². The highest BCUT2D eigenvalue weighted by molar-refractivity contribution is 6.92. The summed E-state index contributed by atoms with van der Waals surface area (Å²) >= 11 is 0. The van der Waals surface area contributed by atoms with Gasteiger partial charge in [0.1, 0.15) is 18.2 Å². The first kappa shape index (κ1) is 24.3. The van der Waals surface area contributed by atoms with Gasteiger partial charge in [-0.15, -0.1) is 0 Å². The third kappa shape index (κ3) is 3.41. The molecule has 0 aliphatic rings. The van der Waals surface area contributed by atoms with Gasteiger partial charge in [0.05, 0.1) is 20.2 Å². The van der Waals surface area contributed by atoms with E-state index in [2.05, 4.69) is 101 Å². The van der Waals surface area contributed by atoms with Crippen LogP contribution < -0.4 is 9.75 Å². The Bertz CT molecular complexity index is 1740. The van der Waals surface area contributed by atoms with Gasteiger partial charge >= 0.3 is 0 Å². The Morgan fingerprint density at radius 1 is 0.861 bits per heavy atom. The summed E-state index contributed by atoms with van der Waals surface area (Å²) in [6, 6.07) is 17.7. The van der Waals surface area contributed by atoms with Crippen LogP contribution in [0.1, 0.15) is 37.5 Å². The number of fused-ring (bicyclic) bond motifs is 4. The SMILES string of the molecule is [C-]#[N+]c1ccc2c(oc3c(-c4ccc5cc([Si](C)(C)C(C)(C)C)ccc5[n+]4C)c(C)c(C)cc32)c1C. The molecule has 0 atom stereocenters. The number of pyridine rings is 1. The van der Waals surface area contributed by atoms with Gasteiger partial charge in [-0.2, -0.15) is 4.57 Å². The first-order valence-electron chi connectivity index (χ1n) is 12.6. The molecule has 5 rings (SSSR count). The zero-order valence-electron chi connectivity index (χ0n) is 22.9. The standard InChI is InChI=1S/C32H35N2OSi/c1-19-17-25-24-13-14-26(33-7)21(3)30(24)35-31(25)29(20(19)2)28-15-11-22-18-23(12-16-27(22)34(28)8)36(9,10)32(4,5)6/h11-18H,1-6,8-10H3/q+1. The average molecular weight is 492 g/mol. The Morgan fingerprint density at radius 3 is 2.25 bits per heavy atom. The molecular formula is C32H35N2OSi+. The second kappa shape index (κ2) is 8.05. The first-order valence-corrected chi connectivity index (χ1v) is 15.6. The lowest BCUT2D eigenvalue weighted by atomic mass is 9.95. The highest BCUT2D eigenvalue weighted by Crippen LogP contribution is 2.41. The zero-order valence-corrected chi connectivity index (χ0v) is 23.9. The number of rotatable bonds is 2. The lowest BCUT2D eigenvalue weighted by Gasteiger charge is -2.37. The molecule has 0 saturated heterocycles. The monoisotopic (exact) mass is 491 g/mol. The van der Waals surface area contributed by atoms with Crippen LogP contribution in [-0.4, -0.2) is 8.07 Å². The molecule has 0 amide bonds. The Kier molecular flexibility index (Phi) is 5.43. The van der Waals surface area contributed by atoms with Gasteiger partial charge in [-0.25, -0.2) is 4.85 Å². The summed E-state index contributed by atoms with van der Waals surface area (Å²) < 4.78 is 8.87. The van der Waals surface area contributed by atoms with Gasteiger partial charge in [-0.1, -0.05) is 57.3 Å². The van der Waals surface area contributed by atoms with E-state index in [4.69, 9.17) is 11.0 Å². The van der Waals surface area contributed by atoms with Crippen molar-refractivity contribution in [3.8, 4) is 11.3 Å². The van der Waals surface area contributed by atoms with Crippen LogP contribution in [0.15, 0.2) is 52.9 Å². The van der Waals surface area contributed by atoms with Crippen LogP contribution in [0.2, 0.25) is 18.1 Å². The normalized spacial score (nSPS) is 12.6. The summed E-state index contributed by atoms with van der Waals surface area (Å²) in [6.45, 7) is 25.9. The topological polar surface area (TPSA) is 21.4 Å². The largest absolute Gasteiger partial charge is 0.456 e. The van der Waals surface area contributed by atoms with Crippen molar-refractivity contribution in [2.24, 2.45) is 7.05 Å². The van der Waals surface area contributed by atoms with Gasteiger partial charge in [-0.3, -0.25) is 0 Å². The summed E-state index contributed by atoms with van der Waals surface area (Å²) in [5, 5.41) is 5.23. The fraction of sp³-hybridized carbons (Fsp3) is 0.312. The summed E-state index contributed by atoms with van der Waals surface area (Å²) in [5.74, 6) is 0. The minimum atomic E-state index is -1.62. The van der Waals surface area contributed by atoms with Crippen molar-refractivity contribution in [3.05, 3.63) is 76.6 Å². The van der Waals surface area contributed by atoms with Gasteiger partial charge in [0.25, 0.3) is 0 Å². The van der Waals surface area contributed by atoms with Crippen LogP contribution in [0, 0.1) is 27.3 Å². The maximum atomic E-state index is 7.51. The molecule has 5 aromatic rings. The minimum Gasteiger partial charge on any atom is -0.456 e. The van der Waals surface area contributed by atoms with E-state index in [1.807, 2.05) is 19.1 Å². The van der Waals surface area contributed by atoms with Gasteiger partial charge in [0.2, 0.25) is 11.2 Å². The molecule has 2 aromatic heterocycles. The number of nitrogens with zero attached hydrogens (tertiary/aromatic N) is 2. The first-order chi connectivity index (χ1) is 16.9. The predicted molar refractivity (Wildman–Crippen MR) is 155 cm³/mol. The third-order valence-electron chi connectivity index (χ3n) is 8.81. The van der Waals surface area contributed by atoms with Crippen molar-refractivity contribution in [1.29, 1.82) is 0 Å². The minimum absolute atomic E-state index is 0.291. The van der Waals surface area contributed by atoms with Crippen molar-refractivity contribution in [1.82, 2.24) is 0 Å². The lowest BCUT2D eigenvalue weighted by Crippen LogP contribution is -2.49. The number of hydrogen-bond donors (Lipinski definition) is 0. The number of aromatic nitrogens is 1. The van der Waals surface area contributed by atoms with E-state index < -0.39 is 8.07 Å². The van der Waals surface area contributed by atoms with Gasteiger partial charge in [0.15, 0.2) is 5.69 Å². The van der Waals surface area contributed by atoms with Crippen LogP contribution in [-0.2, 0) is 7.05 Å². The van der Waals surface area contributed by atoms with Crippen molar-refractivity contribution < 1.29 is 8.98 Å². The van der Waals surface area contributed by atoms with Crippen molar-refractivity contribution in [2.45, 2.75) is 59.7 Å². The van der Waals surface area contributed by atoms with Crippen molar-refractivity contribution in [2.75, 3.05) is 0 Å². The molecule has 0 bridgehead atoms. The highest BCUT2D eigenvalue weighted by atomic mass is 28.3. The summed E-state index contributed by atoms with van der Waals surface area (Å²) in [6.07, 6.45) is 0. The fourth-order valence-electron chi connectivity index (χ4n) is 5.23. The maximum absolute atomic E-state index is 7.51. The second-order valence-corrected chi connectivity index (χ2v) is 17.1. The summed E-state index contributed by atoms with van der Waals surface area (Å²) in [5.41, 5.74) is 9.19. The summed E-state index contributed by atoms with van der Waals surface area (Å²) in [7, 11) is 0.532. The molecule has 0 saturated carbocycles. The van der Waals surface area contributed by atoms with Crippen molar-refractivity contribution >= 4 is 51.8 Å². The lowest BCUT2D eigenvalue weighted by molar-refractivity contribution is -0.633.